The van der Waals surface area contributed by atoms with E-state index in [2.05, 4.69) is 52.6 Å². The summed E-state index contributed by atoms with van der Waals surface area (Å²) in [5, 5.41) is 3.01. The van der Waals surface area contributed by atoms with Crippen LogP contribution in [-0.2, 0) is 17.6 Å². The van der Waals surface area contributed by atoms with Crippen LogP contribution in [0.2, 0.25) is 5.02 Å². The molecule has 2 fully saturated rings. The van der Waals surface area contributed by atoms with E-state index in [0.717, 1.165) is 85.0 Å². The molecule has 40 heavy (non-hydrogen) atoms. The van der Waals surface area contributed by atoms with E-state index in [9.17, 15) is 4.79 Å². The Morgan fingerprint density at radius 1 is 1.02 bits per heavy atom. The van der Waals surface area contributed by atoms with E-state index in [0.29, 0.717) is 31.7 Å². The Balaban J connectivity index is 1.29. The molecule has 3 aliphatic rings. The maximum absolute atomic E-state index is 12.2. The number of likely N-dealkylation sites (tertiary alicyclic amines) is 1. The van der Waals surface area contributed by atoms with Crippen molar-refractivity contribution in [1.29, 1.82) is 0 Å². The van der Waals surface area contributed by atoms with Gasteiger partial charge in [-0.25, -0.2) is 0 Å². The van der Waals surface area contributed by atoms with Gasteiger partial charge in [-0.2, -0.15) is 9.97 Å². The smallest absolute Gasteiger partial charge is 0.318 e. The molecular formula is C31H37ClN6O2. The molecule has 6 rings (SSSR count). The Labute approximate surface area is 241 Å². The molecule has 8 nitrogen and oxygen atoms in total. The van der Waals surface area contributed by atoms with Crippen LogP contribution in [0.25, 0.3) is 10.8 Å². The van der Waals surface area contributed by atoms with Crippen molar-refractivity contribution in [1.82, 2.24) is 19.8 Å². The van der Waals surface area contributed by atoms with Crippen molar-refractivity contribution in [3.8, 4) is 6.01 Å². The number of rotatable bonds is 6. The molecule has 3 aliphatic heterocycles. The largest absolute Gasteiger partial charge is 0.462 e. The fourth-order valence-corrected chi connectivity index (χ4v) is 6.57. The fraction of sp³-hybridized carbons (Fsp3) is 0.452. The van der Waals surface area contributed by atoms with Crippen LogP contribution in [0, 0.1) is 0 Å². The predicted octanol–water partition coefficient (Wildman–Crippen LogP) is 4.20. The van der Waals surface area contributed by atoms with Gasteiger partial charge in [0.05, 0.1) is 10.7 Å². The topological polar surface area (TPSA) is 65.0 Å². The minimum Gasteiger partial charge on any atom is -0.462 e. The minimum absolute atomic E-state index is 0.0183. The second-order valence-corrected chi connectivity index (χ2v) is 11.4. The Morgan fingerprint density at radius 2 is 1.80 bits per heavy atom. The number of amides is 1. The zero-order valence-corrected chi connectivity index (χ0v) is 23.9. The summed E-state index contributed by atoms with van der Waals surface area (Å²) in [5.74, 6) is 0.929. The lowest BCUT2D eigenvalue weighted by Crippen LogP contribution is -2.49. The second-order valence-electron chi connectivity index (χ2n) is 11.0. The van der Waals surface area contributed by atoms with Crippen LogP contribution in [0.1, 0.15) is 24.1 Å². The third kappa shape index (κ3) is 5.34. The first kappa shape index (κ1) is 26.8. The van der Waals surface area contributed by atoms with E-state index in [4.69, 9.17) is 26.3 Å². The lowest BCUT2D eigenvalue weighted by molar-refractivity contribution is -0.126. The Kier molecular flexibility index (Phi) is 7.80. The quantitative estimate of drug-likeness (QED) is 0.419. The summed E-state index contributed by atoms with van der Waals surface area (Å²) < 4.78 is 6.26. The third-order valence-corrected chi connectivity index (χ3v) is 8.93. The molecule has 1 unspecified atom stereocenters. The molecule has 0 saturated carbocycles. The van der Waals surface area contributed by atoms with Gasteiger partial charge < -0.3 is 24.3 Å². The number of likely N-dealkylation sites (N-methyl/N-ethyl adjacent to an activating group) is 1. The number of piperazine rings is 1. The number of ether oxygens (including phenoxy) is 1. The monoisotopic (exact) mass is 560 g/mol. The molecule has 1 aromatic heterocycles. The van der Waals surface area contributed by atoms with Crippen molar-refractivity contribution in [2.75, 3.05) is 69.3 Å². The van der Waals surface area contributed by atoms with Crippen LogP contribution in [0.5, 0.6) is 6.01 Å². The van der Waals surface area contributed by atoms with Gasteiger partial charge in [0.1, 0.15) is 12.4 Å². The van der Waals surface area contributed by atoms with Gasteiger partial charge >= 0.3 is 6.01 Å². The van der Waals surface area contributed by atoms with Gasteiger partial charge in [-0.1, -0.05) is 42.4 Å². The molecule has 0 aliphatic carbocycles. The van der Waals surface area contributed by atoms with Crippen LogP contribution in [0.15, 0.2) is 49.1 Å². The summed E-state index contributed by atoms with van der Waals surface area (Å²) in [7, 11) is 2.16. The van der Waals surface area contributed by atoms with Crippen LogP contribution in [0.3, 0.4) is 0 Å². The number of benzene rings is 2. The zero-order valence-electron chi connectivity index (χ0n) is 23.2. The number of halogens is 1. The molecule has 1 amide bonds. The third-order valence-electron chi connectivity index (χ3n) is 8.62. The summed E-state index contributed by atoms with van der Waals surface area (Å²) in [4.78, 5) is 31.1. The summed E-state index contributed by atoms with van der Waals surface area (Å²) in [6.45, 7) is 9.75. The van der Waals surface area contributed by atoms with E-state index in [-0.39, 0.29) is 5.91 Å². The van der Waals surface area contributed by atoms with Gasteiger partial charge in [0.15, 0.2) is 0 Å². The molecule has 3 aromatic rings. The summed E-state index contributed by atoms with van der Waals surface area (Å²) in [6, 6.07) is 13.3. The first-order valence-corrected chi connectivity index (χ1v) is 14.7. The fourth-order valence-electron chi connectivity index (χ4n) is 6.29. The molecule has 1 atom stereocenters. The standard InChI is InChI=1S/C31H37ClN6O2/c1-3-28(39)37-17-19-38(20-18-37)30-24-12-15-36(27-11-5-8-22-7-4-10-25(32)29(22)27)16-13-26(24)33-31(34-30)40-21-23-9-6-14-35(23)2/h3-5,7-8,10-11,23H,1,6,9,12-21H2,2H3. The van der Waals surface area contributed by atoms with Gasteiger partial charge in [0, 0.05) is 68.4 Å². The second kappa shape index (κ2) is 11.6. The first-order valence-electron chi connectivity index (χ1n) is 14.3. The van der Waals surface area contributed by atoms with Crippen molar-refractivity contribution in [2.24, 2.45) is 0 Å². The maximum atomic E-state index is 12.2. The summed E-state index contributed by atoms with van der Waals surface area (Å²) in [5.41, 5.74) is 3.39. The maximum Gasteiger partial charge on any atom is 0.318 e. The number of fused-ring (bicyclic) bond motifs is 2. The van der Waals surface area contributed by atoms with E-state index in [1.54, 1.807) is 0 Å². The highest BCUT2D eigenvalue weighted by atomic mass is 35.5. The lowest BCUT2D eigenvalue weighted by atomic mass is 10.1. The molecule has 0 bridgehead atoms. The van der Waals surface area contributed by atoms with Gasteiger partial charge in [0.2, 0.25) is 5.91 Å². The number of anilines is 2. The van der Waals surface area contributed by atoms with Gasteiger partial charge in [-0.3, -0.25) is 4.79 Å². The zero-order chi connectivity index (χ0) is 27.6. The number of hydrogen-bond acceptors (Lipinski definition) is 7. The Bertz CT molecular complexity index is 1400. The highest BCUT2D eigenvalue weighted by molar-refractivity contribution is 6.36. The predicted molar refractivity (Wildman–Crippen MR) is 161 cm³/mol. The molecule has 0 spiro atoms. The van der Waals surface area contributed by atoms with Crippen molar-refractivity contribution < 1.29 is 9.53 Å². The highest BCUT2D eigenvalue weighted by Gasteiger charge is 2.28. The number of hydrogen-bond donors (Lipinski definition) is 0. The van der Waals surface area contributed by atoms with Crippen molar-refractivity contribution in [3.05, 3.63) is 65.3 Å². The molecule has 4 heterocycles. The van der Waals surface area contributed by atoms with Gasteiger partial charge in [0.25, 0.3) is 0 Å². The minimum atomic E-state index is -0.0183. The number of carbonyl (C=O) groups is 1. The van der Waals surface area contributed by atoms with Crippen LogP contribution in [-0.4, -0.2) is 91.2 Å². The lowest BCUT2D eigenvalue weighted by Gasteiger charge is -2.36. The SMILES string of the molecule is C=CC(=O)N1CCN(c2nc(OCC3CCCN3C)nc3c2CCN(c2cccc4cccc(Cl)c24)CC3)CC1. The number of nitrogens with zero attached hydrogens (tertiary/aromatic N) is 6. The van der Waals surface area contributed by atoms with E-state index < -0.39 is 0 Å². The van der Waals surface area contributed by atoms with Crippen molar-refractivity contribution >= 4 is 39.8 Å². The molecule has 2 aromatic carbocycles. The molecule has 2 saturated heterocycles. The molecule has 210 valence electrons. The van der Waals surface area contributed by atoms with Crippen molar-refractivity contribution in [2.45, 2.75) is 31.7 Å². The normalized spacial score (nSPS) is 19.9. The number of carbonyl (C=O) groups excluding carboxylic acids is 1. The highest BCUT2D eigenvalue weighted by Crippen LogP contribution is 2.35. The Hall–Kier alpha value is -3.36. The molecular weight excluding hydrogens is 524 g/mol. The van der Waals surface area contributed by atoms with E-state index in [1.807, 2.05) is 17.0 Å². The first-order chi connectivity index (χ1) is 19.5. The van der Waals surface area contributed by atoms with Crippen molar-refractivity contribution in [3.63, 3.8) is 0 Å². The summed E-state index contributed by atoms with van der Waals surface area (Å²) in [6.07, 6.45) is 5.34. The van der Waals surface area contributed by atoms with Crippen LogP contribution >= 0.6 is 11.6 Å². The average Bonchev–Trinajstić information content (AvgIpc) is 3.27. The van der Waals surface area contributed by atoms with Gasteiger partial charge in [-0.15, -0.1) is 0 Å². The van der Waals surface area contributed by atoms with E-state index >= 15 is 0 Å². The number of aromatic nitrogens is 2. The molecule has 0 N–H and O–H groups in total. The van der Waals surface area contributed by atoms with E-state index in [1.165, 1.54) is 18.1 Å². The van der Waals surface area contributed by atoms with Crippen LogP contribution < -0.4 is 14.5 Å². The Morgan fingerprint density at radius 3 is 2.55 bits per heavy atom. The summed E-state index contributed by atoms with van der Waals surface area (Å²) >= 11 is 6.69. The molecule has 0 radical (unpaired) electrons. The van der Waals surface area contributed by atoms with Gasteiger partial charge in [-0.05, 0) is 56.4 Å². The molecule has 9 heteroatoms. The average molecular weight is 561 g/mol. The van der Waals surface area contributed by atoms with Crippen LogP contribution in [0.4, 0.5) is 11.5 Å².